The zero-order chi connectivity index (χ0) is 24.3. The molecular formula is C24H25N3O5S2. The zero-order valence-electron chi connectivity index (χ0n) is 18.8. The summed E-state index contributed by atoms with van der Waals surface area (Å²) < 4.78 is 33.7. The van der Waals surface area contributed by atoms with Gasteiger partial charge in [0.2, 0.25) is 5.91 Å². The molecule has 10 heteroatoms. The molecule has 8 nitrogen and oxygen atoms in total. The van der Waals surface area contributed by atoms with Crippen LogP contribution in [0.1, 0.15) is 28.1 Å². The number of sulfonamides is 1. The summed E-state index contributed by atoms with van der Waals surface area (Å²) >= 11 is 1.34. The lowest BCUT2D eigenvalue weighted by Gasteiger charge is -2.23. The largest absolute Gasteiger partial charge is 0.497 e. The predicted molar refractivity (Wildman–Crippen MR) is 132 cm³/mol. The quantitative estimate of drug-likeness (QED) is 0.509. The molecule has 0 unspecified atom stereocenters. The van der Waals surface area contributed by atoms with Gasteiger partial charge in [0.05, 0.1) is 16.9 Å². The Bertz CT molecular complexity index is 1290. The number of anilines is 2. The van der Waals surface area contributed by atoms with Gasteiger partial charge >= 0.3 is 0 Å². The van der Waals surface area contributed by atoms with E-state index < -0.39 is 16.1 Å². The van der Waals surface area contributed by atoms with E-state index >= 15 is 0 Å². The van der Waals surface area contributed by atoms with Gasteiger partial charge in [0.25, 0.3) is 15.9 Å². The molecule has 178 valence electrons. The molecule has 2 amide bonds. The maximum atomic E-state index is 13.0. The van der Waals surface area contributed by atoms with Gasteiger partial charge in [0.1, 0.15) is 11.8 Å². The van der Waals surface area contributed by atoms with Gasteiger partial charge in [-0.3, -0.25) is 14.3 Å². The topological polar surface area (TPSA) is 105 Å². The van der Waals surface area contributed by atoms with Crippen molar-refractivity contribution in [2.45, 2.75) is 30.7 Å². The second-order valence-electron chi connectivity index (χ2n) is 7.94. The Hall–Kier alpha value is -3.37. The first-order valence-electron chi connectivity index (χ1n) is 10.7. The van der Waals surface area contributed by atoms with Gasteiger partial charge in [0.15, 0.2) is 0 Å². The number of nitrogens with zero attached hydrogens (tertiary/aromatic N) is 1. The van der Waals surface area contributed by atoms with Crippen LogP contribution in [0.5, 0.6) is 5.75 Å². The molecule has 2 aromatic carbocycles. The Morgan fingerprint density at radius 1 is 1.09 bits per heavy atom. The molecule has 0 aliphatic carbocycles. The number of aryl methyl sites for hydroxylation is 1. The van der Waals surface area contributed by atoms with E-state index in [0.717, 1.165) is 6.42 Å². The minimum atomic E-state index is -3.90. The smallest absolute Gasteiger partial charge is 0.264 e. The van der Waals surface area contributed by atoms with Gasteiger partial charge in [-0.05, 0) is 73.2 Å². The maximum absolute atomic E-state index is 13.0. The summed E-state index contributed by atoms with van der Waals surface area (Å²) in [5, 5.41) is 4.62. The monoisotopic (exact) mass is 499 g/mol. The molecule has 34 heavy (non-hydrogen) atoms. The summed E-state index contributed by atoms with van der Waals surface area (Å²) in [6.45, 7) is 2.20. The van der Waals surface area contributed by atoms with Crippen molar-refractivity contribution in [1.82, 2.24) is 4.90 Å². The van der Waals surface area contributed by atoms with E-state index in [1.54, 1.807) is 60.4 Å². The molecule has 2 N–H and O–H groups in total. The summed E-state index contributed by atoms with van der Waals surface area (Å²) in [5.74, 6) is 0.114. The van der Waals surface area contributed by atoms with Crippen LogP contribution < -0.4 is 14.8 Å². The number of thiophene rings is 1. The third-order valence-electron chi connectivity index (χ3n) is 5.64. The molecule has 0 spiro atoms. The molecule has 1 aromatic heterocycles. The Morgan fingerprint density at radius 3 is 2.50 bits per heavy atom. The summed E-state index contributed by atoms with van der Waals surface area (Å²) in [5.41, 5.74) is 1.28. The highest BCUT2D eigenvalue weighted by Gasteiger charge is 2.35. The molecular weight excluding hydrogens is 474 g/mol. The third-order valence-corrected chi connectivity index (χ3v) is 8.02. The first-order valence-corrected chi connectivity index (χ1v) is 13.1. The number of hydrogen-bond donors (Lipinski definition) is 2. The second kappa shape index (κ2) is 9.86. The number of carbonyl (C=O) groups is 2. The predicted octanol–water partition coefficient (Wildman–Crippen LogP) is 4.11. The van der Waals surface area contributed by atoms with Gasteiger partial charge < -0.3 is 15.0 Å². The lowest BCUT2D eigenvalue weighted by Crippen LogP contribution is -2.43. The standard InChI is InChI=1S/C24H25N3O5S2/c1-16-7-8-18(15-22(16)34(30,31)26-17-9-11-19(32-2)12-10-17)25-23(28)20-5-3-13-27(20)24(29)21-6-4-14-33-21/h4,6-12,14-15,20,26H,3,5,13H2,1-2H3,(H,25,28)/t20-/m0/s1. The molecule has 1 atom stereocenters. The van der Waals surface area contributed by atoms with Crippen LogP contribution in [-0.2, 0) is 14.8 Å². The average molecular weight is 500 g/mol. The van der Waals surface area contributed by atoms with E-state index in [4.69, 9.17) is 4.74 Å². The molecule has 0 bridgehead atoms. The summed E-state index contributed by atoms with van der Waals surface area (Å²) in [7, 11) is -2.37. The zero-order valence-corrected chi connectivity index (χ0v) is 20.4. The number of nitrogens with one attached hydrogen (secondary N) is 2. The van der Waals surface area contributed by atoms with Crippen molar-refractivity contribution in [3.63, 3.8) is 0 Å². The van der Waals surface area contributed by atoms with Gasteiger partial charge in [0, 0.05) is 17.9 Å². The van der Waals surface area contributed by atoms with E-state index in [1.807, 2.05) is 5.38 Å². The highest BCUT2D eigenvalue weighted by Crippen LogP contribution is 2.26. The molecule has 0 saturated carbocycles. The highest BCUT2D eigenvalue weighted by molar-refractivity contribution is 7.92. The van der Waals surface area contributed by atoms with E-state index in [2.05, 4.69) is 10.0 Å². The van der Waals surface area contributed by atoms with E-state index in [-0.39, 0.29) is 16.7 Å². The van der Waals surface area contributed by atoms with Crippen LogP contribution in [0.4, 0.5) is 11.4 Å². The minimum Gasteiger partial charge on any atom is -0.497 e. The molecule has 0 radical (unpaired) electrons. The lowest BCUT2D eigenvalue weighted by atomic mass is 10.2. The van der Waals surface area contributed by atoms with E-state index in [9.17, 15) is 18.0 Å². The maximum Gasteiger partial charge on any atom is 0.264 e. The lowest BCUT2D eigenvalue weighted by molar-refractivity contribution is -0.119. The number of hydrogen-bond acceptors (Lipinski definition) is 6. The van der Waals surface area contributed by atoms with Crippen LogP contribution in [0, 0.1) is 6.92 Å². The molecule has 2 heterocycles. The van der Waals surface area contributed by atoms with Gasteiger partial charge in [-0.25, -0.2) is 8.42 Å². The number of amides is 2. The fourth-order valence-corrected chi connectivity index (χ4v) is 5.90. The molecule has 1 aliphatic rings. The van der Waals surface area contributed by atoms with Crippen molar-refractivity contribution in [2.75, 3.05) is 23.7 Å². The first-order chi connectivity index (χ1) is 16.3. The normalized spacial score (nSPS) is 15.7. The summed E-state index contributed by atoms with van der Waals surface area (Å²) in [6, 6.07) is 14.2. The van der Waals surface area contributed by atoms with Crippen LogP contribution in [0.15, 0.2) is 64.9 Å². The molecule has 1 saturated heterocycles. The van der Waals surface area contributed by atoms with Crippen molar-refractivity contribution in [2.24, 2.45) is 0 Å². The van der Waals surface area contributed by atoms with Crippen molar-refractivity contribution in [1.29, 1.82) is 0 Å². The Kier molecular flexibility index (Phi) is 6.90. The Morgan fingerprint density at radius 2 is 1.82 bits per heavy atom. The van der Waals surface area contributed by atoms with Gasteiger partial charge in [-0.15, -0.1) is 11.3 Å². The summed E-state index contributed by atoms with van der Waals surface area (Å²) in [4.78, 5) is 28.0. The van der Waals surface area contributed by atoms with Crippen LogP contribution in [0.25, 0.3) is 0 Å². The Balaban J connectivity index is 1.51. The van der Waals surface area contributed by atoms with E-state index in [0.29, 0.717) is 40.5 Å². The number of rotatable bonds is 7. The average Bonchev–Trinajstić information content (AvgIpc) is 3.52. The number of likely N-dealkylation sites (tertiary alicyclic amines) is 1. The first kappa shape index (κ1) is 23.8. The van der Waals surface area contributed by atoms with Crippen LogP contribution >= 0.6 is 11.3 Å². The SMILES string of the molecule is COc1ccc(NS(=O)(=O)c2cc(NC(=O)[C@@H]3CCCN3C(=O)c3cccs3)ccc2C)cc1. The third kappa shape index (κ3) is 5.07. The second-order valence-corrected chi connectivity index (χ2v) is 10.5. The Labute approximate surface area is 202 Å². The number of carbonyl (C=O) groups excluding carboxylic acids is 2. The number of methoxy groups -OCH3 is 1. The minimum absolute atomic E-state index is 0.0547. The highest BCUT2D eigenvalue weighted by atomic mass is 32.2. The van der Waals surface area contributed by atoms with Crippen molar-refractivity contribution >= 4 is 44.5 Å². The van der Waals surface area contributed by atoms with Crippen molar-refractivity contribution < 1.29 is 22.7 Å². The molecule has 4 rings (SSSR count). The van der Waals surface area contributed by atoms with E-state index in [1.165, 1.54) is 24.5 Å². The number of benzene rings is 2. The van der Waals surface area contributed by atoms with Crippen LogP contribution in [0.3, 0.4) is 0 Å². The molecule has 1 aliphatic heterocycles. The fourth-order valence-electron chi connectivity index (χ4n) is 3.89. The molecule has 3 aromatic rings. The molecule has 1 fully saturated rings. The number of ether oxygens (including phenoxy) is 1. The van der Waals surface area contributed by atoms with Crippen LogP contribution in [0.2, 0.25) is 0 Å². The van der Waals surface area contributed by atoms with Gasteiger partial charge in [-0.2, -0.15) is 0 Å². The fraction of sp³-hybridized carbons (Fsp3) is 0.250. The van der Waals surface area contributed by atoms with Crippen LogP contribution in [-0.4, -0.2) is 44.8 Å². The van der Waals surface area contributed by atoms with Gasteiger partial charge in [-0.1, -0.05) is 12.1 Å². The summed E-state index contributed by atoms with van der Waals surface area (Å²) in [6.07, 6.45) is 1.29. The van der Waals surface area contributed by atoms with Crippen molar-refractivity contribution in [3.05, 3.63) is 70.4 Å². The van der Waals surface area contributed by atoms with Crippen molar-refractivity contribution in [3.8, 4) is 5.75 Å².